The van der Waals surface area contributed by atoms with E-state index in [1.54, 1.807) is 5.38 Å². The minimum absolute atomic E-state index is 0.00301. The van der Waals surface area contributed by atoms with Crippen molar-refractivity contribution in [2.24, 2.45) is 0 Å². The van der Waals surface area contributed by atoms with Crippen molar-refractivity contribution >= 4 is 28.7 Å². The van der Waals surface area contributed by atoms with Crippen LogP contribution in [0.2, 0.25) is 5.02 Å². The van der Waals surface area contributed by atoms with Gasteiger partial charge >= 0.3 is 0 Å². The molecule has 0 bridgehead atoms. The Hall–Kier alpha value is -1.39. The number of nitrogens with zero attached hydrogens (tertiary/aromatic N) is 1. The number of rotatable bonds is 5. The standard InChI is InChI=1S/C14H14ClNO2S/c1-9-7-11(3-4-12(9)15)18-6-5-14-16-13(8-19-14)10(2)17/h3-4,7-8H,5-6H2,1-2H3. The molecule has 5 heteroatoms. The first kappa shape index (κ1) is 14.0. The topological polar surface area (TPSA) is 39.2 Å². The minimum atomic E-state index is -0.00301. The Morgan fingerprint density at radius 3 is 2.89 bits per heavy atom. The lowest BCUT2D eigenvalue weighted by Gasteiger charge is -2.06. The lowest BCUT2D eigenvalue weighted by molar-refractivity contribution is 0.101. The lowest BCUT2D eigenvalue weighted by Crippen LogP contribution is -2.02. The van der Waals surface area contributed by atoms with Crippen molar-refractivity contribution in [3.8, 4) is 5.75 Å². The molecule has 1 aromatic heterocycles. The van der Waals surface area contributed by atoms with Crippen LogP contribution in [0.15, 0.2) is 23.6 Å². The lowest BCUT2D eigenvalue weighted by atomic mass is 10.2. The van der Waals surface area contributed by atoms with Gasteiger partial charge in [-0.2, -0.15) is 0 Å². The van der Waals surface area contributed by atoms with Crippen molar-refractivity contribution in [2.45, 2.75) is 20.3 Å². The fraction of sp³-hybridized carbons (Fsp3) is 0.286. The van der Waals surface area contributed by atoms with E-state index in [2.05, 4.69) is 4.98 Å². The first-order valence-corrected chi connectivity index (χ1v) is 7.16. The molecule has 0 aliphatic rings. The zero-order valence-electron chi connectivity index (χ0n) is 10.8. The number of thiazole rings is 1. The summed E-state index contributed by atoms with van der Waals surface area (Å²) in [6.07, 6.45) is 0.694. The summed E-state index contributed by atoms with van der Waals surface area (Å²) in [7, 11) is 0. The Labute approximate surface area is 121 Å². The molecule has 0 unspecified atom stereocenters. The van der Waals surface area contributed by atoms with Crippen LogP contribution in [0, 0.1) is 6.92 Å². The molecule has 0 aliphatic carbocycles. The summed E-state index contributed by atoms with van der Waals surface area (Å²) < 4.78 is 5.64. The summed E-state index contributed by atoms with van der Waals surface area (Å²) in [5.74, 6) is 0.794. The van der Waals surface area contributed by atoms with Crippen LogP contribution in [0.1, 0.15) is 28.0 Å². The second-order valence-electron chi connectivity index (χ2n) is 4.19. The second kappa shape index (κ2) is 6.17. The van der Waals surface area contributed by atoms with Crippen molar-refractivity contribution in [3.05, 3.63) is 44.9 Å². The van der Waals surface area contributed by atoms with Crippen LogP contribution in [0.25, 0.3) is 0 Å². The number of Topliss-reactive ketones (excluding diaryl/α,β-unsaturated/α-hetero) is 1. The number of aryl methyl sites for hydroxylation is 1. The van der Waals surface area contributed by atoms with Crippen LogP contribution in [-0.2, 0) is 6.42 Å². The smallest absolute Gasteiger partial charge is 0.178 e. The molecule has 0 saturated heterocycles. The number of aromatic nitrogens is 1. The summed E-state index contributed by atoms with van der Waals surface area (Å²) in [6, 6.07) is 5.58. The Bertz CT molecular complexity index is 595. The number of carbonyl (C=O) groups excluding carboxylic acids is 1. The zero-order valence-corrected chi connectivity index (χ0v) is 12.3. The number of hydrogen-bond acceptors (Lipinski definition) is 4. The molecule has 19 heavy (non-hydrogen) atoms. The van der Waals surface area contributed by atoms with Gasteiger partial charge in [0, 0.05) is 23.7 Å². The Balaban J connectivity index is 1.88. The monoisotopic (exact) mass is 295 g/mol. The minimum Gasteiger partial charge on any atom is -0.493 e. The molecule has 0 N–H and O–H groups in total. The second-order valence-corrected chi connectivity index (χ2v) is 5.54. The van der Waals surface area contributed by atoms with Gasteiger partial charge in [-0.05, 0) is 30.7 Å². The summed E-state index contributed by atoms with van der Waals surface area (Å²) in [4.78, 5) is 15.4. The van der Waals surface area contributed by atoms with Crippen LogP contribution >= 0.6 is 22.9 Å². The van der Waals surface area contributed by atoms with Gasteiger partial charge in [0.2, 0.25) is 0 Å². The average Bonchev–Trinajstić information content (AvgIpc) is 2.83. The van der Waals surface area contributed by atoms with Crippen LogP contribution in [0.4, 0.5) is 0 Å². The normalized spacial score (nSPS) is 10.5. The maximum atomic E-state index is 11.1. The highest BCUT2D eigenvalue weighted by Crippen LogP contribution is 2.21. The van der Waals surface area contributed by atoms with Gasteiger partial charge in [0.15, 0.2) is 5.78 Å². The molecule has 0 fully saturated rings. The van der Waals surface area contributed by atoms with E-state index >= 15 is 0 Å². The summed E-state index contributed by atoms with van der Waals surface area (Å²) in [5.41, 5.74) is 1.52. The molecule has 1 heterocycles. The SMILES string of the molecule is CC(=O)c1csc(CCOc2ccc(Cl)c(C)c2)n1. The molecule has 0 aliphatic heterocycles. The fourth-order valence-electron chi connectivity index (χ4n) is 1.55. The molecule has 0 radical (unpaired) electrons. The molecule has 3 nitrogen and oxygen atoms in total. The van der Waals surface area contributed by atoms with Gasteiger partial charge in [-0.1, -0.05) is 11.6 Å². The van der Waals surface area contributed by atoms with E-state index in [9.17, 15) is 4.79 Å². The highest BCUT2D eigenvalue weighted by molar-refractivity contribution is 7.09. The number of ether oxygens (including phenoxy) is 1. The van der Waals surface area contributed by atoms with Gasteiger partial charge in [0.1, 0.15) is 11.4 Å². The van der Waals surface area contributed by atoms with E-state index in [4.69, 9.17) is 16.3 Å². The van der Waals surface area contributed by atoms with Crippen molar-refractivity contribution in [2.75, 3.05) is 6.61 Å². The number of hydrogen-bond donors (Lipinski definition) is 0. The van der Waals surface area contributed by atoms with Crippen molar-refractivity contribution in [1.29, 1.82) is 0 Å². The fourth-order valence-corrected chi connectivity index (χ4v) is 2.49. The molecule has 0 spiro atoms. The van der Waals surface area contributed by atoms with Crippen LogP contribution < -0.4 is 4.74 Å². The molecule has 2 aromatic rings. The highest BCUT2D eigenvalue weighted by Gasteiger charge is 2.06. The zero-order chi connectivity index (χ0) is 13.8. The predicted molar refractivity (Wildman–Crippen MR) is 77.5 cm³/mol. The Morgan fingerprint density at radius 2 is 2.26 bits per heavy atom. The van der Waals surface area contributed by atoms with Gasteiger partial charge in [0.05, 0.1) is 11.6 Å². The Morgan fingerprint density at radius 1 is 1.47 bits per heavy atom. The largest absolute Gasteiger partial charge is 0.493 e. The molecule has 0 atom stereocenters. The van der Waals surface area contributed by atoms with Gasteiger partial charge < -0.3 is 4.74 Å². The van der Waals surface area contributed by atoms with E-state index in [-0.39, 0.29) is 5.78 Å². The van der Waals surface area contributed by atoms with E-state index in [1.807, 2.05) is 25.1 Å². The third-order valence-corrected chi connectivity index (χ3v) is 3.96. The van der Waals surface area contributed by atoms with Gasteiger partial charge in [-0.3, -0.25) is 4.79 Å². The number of benzene rings is 1. The van der Waals surface area contributed by atoms with Crippen molar-refractivity contribution in [1.82, 2.24) is 4.98 Å². The average molecular weight is 296 g/mol. The van der Waals surface area contributed by atoms with Crippen LogP contribution in [0.3, 0.4) is 0 Å². The van der Waals surface area contributed by atoms with Crippen LogP contribution in [0.5, 0.6) is 5.75 Å². The summed E-state index contributed by atoms with van der Waals surface area (Å²) in [6.45, 7) is 3.99. The van der Waals surface area contributed by atoms with Crippen molar-refractivity contribution in [3.63, 3.8) is 0 Å². The summed E-state index contributed by atoms with van der Waals surface area (Å²) >= 11 is 7.43. The van der Waals surface area contributed by atoms with Gasteiger partial charge in [-0.25, -0.2) is 4.98 Å². The maximum absolute atomic E-state index is 11.1. The third-order valence-electron chi connectivity index (χ3n) is 2.63. The van der Waals surface area contributed by atoms with Crippen LogP contribution in [-0.4, -0.2) is 17.4 Å². The third kappa shape index (κ3) is 3.78. The number of halogens is 1. The highest BCUT2D eigenvalue weighted by atomic mass is 35.5. The molecule has 0 saturated carbocycles. The Kier molecular flexibility index (Phi) is 4.56. The van der Waals surface area contributed by atoms with E-state index < -0.39 is 0 Å². The quantitative estimate of drug-likeness (QED) is 0.785. The van der Waals surface area contributed by atoms with E-state index in [0.29, 0.717) is 18.7 Å². The maximum Gasteiger partial charge on any atom is 0.178 e. The molecule has 100 valence electrons. The van der Waals surface area contributed by atoms with Crippen molar-refractivity contribution < 1.29 is 9.53 Å². The number of carbonyl (C=O) groups is 1. The molecule has 0 amide bonds. The number of ketones is 1. The van der Waals surface area contributed by atoms with E-state index in [1.165, 1.54) is 18.3 Å². The first-order chi connectivity index (χ1) is 9.06. The van der Waals surface area contributed by atoms with Gasteiger partial charge in [-0.15, -0.1) is 11.3 Å². The van der Waals surface area contributed by atoms with Gasteiger partial charge in [0.25, 0.3) is 0 Å². The van der Waals surface area contributed by atoms with E-state index in [0.717, 1.165) is 21.3 Å². The predicted octanol–water partition coefficient (Wildman–Crippen LogP) is 3.93. The molecular formula is C14H14ClNO2S. The summed E-state index contributed by atoms with van der Waals surface area (Å²) in [5, 5.41) is 3.43. The molecular weight excluding hydrogens is 282 g/mol. The molecule has 2 rings (SSSR count). The molecule has 1 aromatic carbocycles. The first-order valence-electron chi connectivity index (χ1n) is 5.90.